The molecule has 0 aliphatic carbocycles. The Kier molecular flexibility index (Phi) is 3.58. The van der Waals surface area contributed by atoms with Gasteiger partial charge in [0.25, 0.3) is 0 Å². The fourth-order valence-corrected chi connectivity index (χ4v) is 3.80. The molecule has 0 spiro atoms. The molecule has 0 unspecified atom stereocenters. The Bertz CT molecular complexity index is 669. The van der Waals surface area contributed by atoms with Crippen molar-refractivity contribution in [1.29, 1.82) is 0 Å². The number of hydrogen-bond acceptors (Lipinski definition) is 2. The van der Waals surface area contributed by atoms with E-state index in [4.69, 9.17) is 0 Å². The molecule has 93 valence electrons. The second-order valence-electron chi connectivity index (χ2n) is 4.50. The lowest BCUT2D eigenvalue weighted by Crippen LogP contribution is -1.92. The Morgan fingerprint density at radius 1 is 1.11 bits per heavy atom. The van der Waals surface area contributed by atoms with E-state index in [1.165, 1.54) is 31.1 Å². The van der Waals surface area contributed by atoms with E-state index in [0.717, 1.165) is 0 Å². The average Bonchev–Trinajstić information content (AvgIpc) is 3.14. The zero-order valence-electron chi connectivity index (χ0n) is 11.0. The third kappa shape index (κ3) is 2.53. The van der Waals surface area contributed by atoms with Crippen LogP contribution < -0.4 is 0 Å². The van der Waals surface area contributed by atoms with Crippen LogP contribution in [0.3, 0.4) is 0 Å². The summed E-state index contributed by atoms with van der Waals surface area (Å²) in [6, 6.07) is 8.71. The van der Waals surface area contributed by atoms with Gasteiger partial charge in [-0.1, -0.05) is 35.2 Å². The van der Waals surface area contributed by atoms with Crippen molar-refractivity contribution in [3.05, 3.63) is 62.5 Å². The first-order valence-corrected chi connectivity index (χ1v) is 8.01. The number of hydrogen-bond donors (Lipinski definition) is 0. The van der Waals surface area contributed by atoms with Gasteiger partial charge in [-0.25, -0.2) is 0 Å². The maximum atomic E-state index is 2.28. The monoisotopic (exact) mass is 281 g/mol. The first kappa shape index (κ1) is 12.7. The first-order chi connectivity index (χ1) is 9.28. The minimum absolute atomic E-state index is 1.32. The summed E-state index contributed by atoms with van der Waals surface area (Å²) < 4.78 is 0. The van der Waals surface area contributed by atoms with E-state index in [-0.39, 0.29) is 0 Å². The smallest absolute Gasteiger partial charge is 0.145 e. The molecule has 1 radical (unpaired) electrons. The Hall–Kier alpha value is -1.32. The molecule has 0 aromatic carbocycles. The highest BCUT2D eigenvalue weighted by atomic mass is 32.1. The largest absolute Gasteiger partial charge is 0.195 e. The van der Waals surface area contributed by atoms with Gasteiger partial charge in [0.2, 0.25) is 0 Å². The van der Waals surface area contributed by atoms with Crippen LogP contribution in [0.25, 0.3) is 16.5 Å². The molecule has 2 aromatic rings. The van der Waals surface area contributed by atoms with Crippen LogP contribution in [-0.4, -0.2) is 7.28 Å². The summed E-state index contributed by atoms with van der Waals surface area (Å²) in [7, 11) is 2.28. The molecule has 0 saturated heterocycles. The SMILES string of the molecule is C/C=C(\C)c1ccc(C2=CC=C(c3cccs3)[B]2)s1. The quantitative estimate of drug-likeness (QED) is 0.667. The summed E-state index contributed by atoms with van der Waals surface area (Å²) in [5, 5.41) is 2.13. The van der Waals surface area contributed by atoms with Gasteiger partial charge in [0, 0.05) is 14.6 Å². The highest BCUT2D eigenvalue weighted by Gasteiger charge is 2.15. The van der Waals surface area contributed by atoms with Crippen molar-refractivity contribution < 1.29 is 0 Å². The Morgan fingerprint density at radius 2 is 1.89 bits per heavy atom. The fourth-order valence-electron chi connectivity index (χ4n) is 2.04. The number of thiophene rings is 2. The van der Waals surface area contributed by atoms with E-state index in [2.05, 4.69) is 69.0 Å². The molecule has 0 amide bonds. The minimum Gasteiger partial charge on any atom is -0.145 e. The Balaban J connectivity index is 1.78. The van der Waals surface area contributed by atoms with Gasteiger partial charge in [-0.15, -0.1) is 22.7 Å². The van der Waals surface area contributed by atoms with Gasteiger partial charge in [0.1, 0.15) is 0 Å². The van der Waals surface area contributed by atoms with Gasteiger partial charge in [0.15, 0.2) is 7.28 Å². The van der Waals surface area contributed by atoms with Gasteiger partial charge >= 0.3 is 0 Å². The van der Waals surface area contributed by atoms with Crippen LogP contribution >= 0.6 is 22.7 Å². The summed E-state index contributed by atoms with van der Waals surface area (Å²) in [5.41, 5.74) is 3.99. The molecule has 0 saturated carbocycles. The van der Waals surface area contributed by atoms with Crippen molar-refractivity contribution in [2.45, 2.75) is 13.8 Å². The van der Waals surface area contributed by atoms with E-state index in [1.54, 1.807) is 11.3 Å². The van der Waals surface area contributed by atoms with Crippen molar-refractivity contribution in [2.24, 2.45) is 0 Å². The van der Waals surface area contributed by atoms with E-state index >= 15 is 0 Å². The molecule has 0 nitrogen and oxygen atoms in total. The number of rotatable bonds is 3. The molecular weight excluding hydrogens is 267 g/mol. The molecule has 2 aromatic heterocycles. The molecule has 1 aliphatic heterocycles. The lowest BCUT2D eigenvalue weighted by molar-refractivity contribution is 1.64. The first-order valence-electron chi connectivity index (χ1n) is 6.32. The van der Waals surface area contributed by atoms with Crippen molar-refractivity contribution in [1.82, 2.24) is 0 Å². The molecule has 3 rings (SSSR count). The molecular formula is C16H14BS2. The van der Waals surface area contributed by atoms with Gasteiger partial charge in [0.05, 0.1) is 0 Å². The fraction of sp³-hybridized carbons (Fsp3) is 0.125. The van der Waals surface area contributed by atoms with Gasteiger partial charge in [-0.3, -0.25) is 0 Å². The molecule has 3 heterocycles. The molecule has 0 bridgehead atoms. The molecule has 3 heteroatoms. The topological polar surface area (TPSA) is 0 Å². The minimum atomic E-state index is 1.32. The van der Waals surface area contributed by atoms with Crippen LogP contribution in [0, 0.1) is 0 Å². The lowest BCUT2D eigenvalue weighted by atomic mass is 9.65. The zero-order chi connectivity index (χ0) is 13.2. The predicted octanol–water partition coefficient (Wildman–Crippen LogP) is 5.33. The third-order valence-electron chi connectivity index (χ3n) is 3.27. The van der Waals surface area contributed by atoms with Gasteiger partial charge in [-0.05, 0) is 43.0 Å². The lowest BCUT2D eigenvalue weighted by Gasteiger charge is -2.00. The third-order valence-corrected chi connectivity index (χ3v) is 5.46. The van der Waals surface area contributed by atoms with Crippen LogP contribution in [0.4, 0.5) is 0 Å². The van der Waals surface area contributed by atoms with Crippen molar-refractivity contribution in [3.8, 4) is 0 Å². The molecule has 0 atom stereocenters. The number of allylic oxidation sites excluding steroid dienone is 4. The van der Waals surface area contributed by atoms with E-state index in [1.807, 2.05) is 11.3 Å². The summed E-state index contributed by atoms with van der Waals surface area (Å²) in [6.07, 6.45) is 6.59. The van der Waals surface area contributed by atoms with Crippen molar-refractivity contribution in [3.63, 3.8) is 0 Å². The van der Waals surface area contributed by atoms with E-state index < -0.39 is 0 Å². The standard InChI is InChI=1S/C16H14BS2/c1-3-11(2)14-8-9-16(19-14)13-7-6-12(17-13)15-5-4-10-18-15/h3-10H,1-2H3/b11-3+. The molecule has 0 N–H and O–H groups in total. The van der Waals surface area contributed by atoms with Crippen LogP contribution in [0.2, 0.25) is 0 Å². The molecule has 19 heavy (non-hydrogen) atoms. The average molecular weight is 281 g/mol. The maximum absolute atomic E-state index is 2.28. The second kappa shape index (κ2) is 5.36. The normalized spacial score (nSPS) is 15.2. The Morgan fingerprint density at radius 3 is 2.58 bits per heavy atom. The second-order valence-corrected chi connectivity index (χ2v) is 6.53. The highest BCUT2D eigenvalue weighted by Crippen LogP contribution is 2.34. The van der Waals surface area contributed by atoms with Crippen LogP contribution in [0.5, 0.6) is 0 Å². The van der Waals surface area contributed by atoms with E-state index in [9.17, 15) is 0 Å². The summed E-state index contributed by atoms with van der Waals surface area (Å²) >= 11 is 3.66. The predicted molar refractivity (Wildman–Crippen MR) is 89.7 cm³/mol. The van der Waals surface area contributed by atoms with Crippen molar-refractivity contribution in [2.75, 3.05) is 0 Å². The maximum Gasteiger partial charge on any atom is 0.195 e. The summed E-state index contributed by atoms with van der Waals surface area (Å²) in [6.45, 7) is 4.25. The Labute approximate surface area is 123 Å². The van der Waals surface area contributed by atoms with Crippen LogP contribution in [-0.2, 0) is 0 Å². The summed E-state index contributed by atoms with van der Waals surface area (Å²) in [4.78, 5) is 4.04. The molecule has 1 aliphatic rings. The van der Waals surface area contributed by atoms with Crippen molar-refractivity contribution >= 4 is 46.5 Å². The molecule has 0 fully saturated rings. The van der Waals surface area contributed by atoms with Gasteiger partial charge in [-0.2, -0.15) is 0 Å². The van der Waals surface area contributed by atoms with E-state index in [0.29, 0.717) is 0 Å². The van der Waals surface area contributed by atoms with Crippen LogP contribution in [0.15, 0.2) is 47.9 Å². The summed E-state index contributed by atoms with van der Waals surface area (Å²) in [5.74, 6) is 0. The highest BCUT2D eigenvalue weighted by molar-refractivity contribution is 7.16. The van der Waals surface area contributed by atoms with Crippen LogP contribution in [0.1, 0.15) is 28.5 Å². The zero-order valence-corrected chi connectivity index (χ0v) is 12.6. The van der Waals surface area contributed by atoms with Gasteiger partial charge < -0.3 is 0 Å².